The van der Waals surface area contributed by atoms with Gasteiger partial charge in [0.25, 0.3) is 0 Å². The molecule has 11 N–H and O–H groups in total. The van der Waals surface area contributed by atoms with E-state index in [2.05, 4.69) is 0 Å². The lowest BCUT2D eigenvalue weighted by Gasteiger charge is -2.23. The van der Waals surface area contributed by atoms with E-state index in [4.69, 9.17) is 51.7 Å². The fourth-order valence-electron chi connectivity index (χ4n) is 0.415. The molecule has 0 aromatic heterocycles. The summed E-state index contributed by atoms with van der Waals surface area (Å²) in [6.45, 7) is -2.64. The maximum atomic E-state index is 8.50. The first kappa shape index (κ1) is 25.5. The van der Waals surface area contributed by atoms with Crippen LogP contribution < -0.4 is 5.73 Å². The Balaban J connectivity index is -0.000000240. The first-order valence-electron chi connectivity index (χ1n) is 6.17. The SMILES string of the molecule is NC(CO)CO.OCC(CO)(CO)CO.OCC(O)CO. The molecular formula is C11H29NO9. The summed E-state index contributed by atoms with van der Waals surface area (Å²) in [7, 11) is 0. The molecular weight excluding hydrogens is 290 g/mol. The molecule has 0 spiro atoms. The molecule has 0 atom stereocenters. The van der Waals surface area contributed by atoms with Crippen LogP contribution in [0.4, 0.5) is 0 Å². The van der Waals surface area contributed by atoms with E-state index in [1.807, 2.05) is 0 Å². The van der Waals surface area contributed by atoms with Crippen LogP contribution in [0.3, 0.4) is 0 Å². The third-order valence-electron chi connectivity index (χ3n) is 2.23. The second kappa shape index (κ2) is 17.7. The third kappa shape index (κ3) is 15.8. The summed E-state index contributed by atoms with van der Waals surface area (Å²) in [6, 6.07) is -0.454. The van der Waals surface area contributed by atoms with Gasteiger partial charge in [0.1, 0.15) is 6.10 Å². The summed E-state index contributed by atoms with van der Waals surface area (Å²) in [5, 5.41) is 74.1. The molecule has 0 unspecified atom stereocenters. The summed E-state index contributed by atoms with van der Waals surface area (Å²) in [6.07, 6.45) is -0.954. The van der Waals surface area contributed by atoms with Crippen molar-refractivity contribution in [3.05, 3.63) is 0 Å². The summed E-state index contributed by atoms with van der Waals surface area (Å²) in [4.78, 5) is 0. The Kier molecular flexibility index (Phi) is 21.5. The van der Waals surface area contributed by atoms with E-state index in [9.17, 15) is 0 Å². The van der Waals surface area contributed by atoms with Gasteiger partial charge >= 0.3 is 0 Å². The average Bonchev–Trinajstić information content (AvgIpc) is 2.57. The van der Waals surface area contributed by atoms with E-state index in [1.54, 1.807) is 0 Å². The van der Waals surface area contributed by atoms with E-state index in [0.29, 0.717) is 0 Å². The Morgan fingerprint density at radius 3 is 0.905 bits per heavy atom. The predicted octanol–water partition coefficient (Wildman–Crippen LogP) is -5.43. The van der Waals surface area contributed by atoms with Crippen molar-refractivity contribution < 1.29 is 46.0 Å². The molecule has 0 aliphatic carbocycles. The number of nitrogens with two attached hydrogens (primary N) is 1. The summed E-state index contributed by atoms with van der Waals surface area (Å²) < 4.78 is 0. The fraction of sp³-hybridized carbons (Fsp3) is 1.00. The molecule has 10 heteroatoms. The number of hydrogen-bond acceptors (Lipinski definition) is 10. The molecule has 0 aromatic carbocycles. The van der Waals surface area contributed by atoms with Gasteiger partial charge < -0.3 is 51.7 Å². The second-order valence-corrected chi connectivity index (χ2v) is 4.28. The highest BCUT2D eigenvalue weighted by molar-refractivity contribution is 4.74. The molecule has 0 heterocycles. The lowest BCUT2D eigenvalue weighted by Crippen LogP contribution is -2.37. The smallest absolute Gasteiger partial charge is 0.100 e. The van der Waals surface area contributed by atoms with E-state index in [1.165, 1.54) is 0 Å². The molecule has 0 amide bonds. The van der Waals surface area contributed by atoms with Gasteiger partial charge in [-0.3, -0.25) is 0 Å². The van der Waals surface area contributed by atoms with Crippen molar-refractivity contribution >= 4 is 0 Å². The monoisotopic (exact) mass is 319 g/mol. The van der Waals surface area contributed by atoms with Crippen molar-refractivity contribution in [1.29, 1.82) is 0 Å². The van der Waals surface area contributed by atoms with Crippen molar-refractivity contribution in [2.75, 3.05) is 52.9 Å². The van der Waals surface area contributed by atoms with Gasteiger partial charge in [0.2, 0.25) is 0 Å². The highest BCUT2D eigenvalue weighted by Gasteiger charge is 2.26. The van der Waals surface area contributed by atoms with Gasteiger partial charge in [0, 0.05) is 0 Å². The molecule has 0 fully saturated rings. The highest BCUT2D eigenvalue weighted by atomic mass is 16.3. The number of aliphatic hydroxyl groups excluding tert-OH is 9. The zero-order valence-corrected chi connectivity index (χ0v) is 11.9. The van der Waals surface area contributed by atoms with Crippen molar-refractivity contribution in [2.24, 2.45) is 11.1 Å². The van der Waals surface area contributed by atoms with E-state index in [-0.39, 0.29) is 26.4 Å². The Morgan fingerprint density at radius 1 is 0.619 bits per heavy atom. The van der Waals surface area contributed by atoms with Gasteiger partial charge in [-0.1, -0.05) is 0 Å². The van der Waals surface area contributed by atoms with Gasteiger partial charge in [0.05, 0.1) is 64.3 Å². The van der Waals surface area contributed by atoms with Gasteiger partial charge in [-0.05, 0) is 0 Å². The molecule has 10 nitrogen and oxygen atoms in total. The standard InChI is InChI=1S/C5H12O4.C3H9NO2.C3H8O3/c6-1-5(2-7,3-8)4-9;4-3(1-5)2-6;4-1-3(6)2-5/h6-9H,1-4H2;3,5-6H,1-2,4H2;3-6H,1-2H2. The van der Waals surface area contributed by atoms with Crippen molar-refractivity contribution in [1.82, 2.24) is 0 Å². The first-order valence-corrected chi connectivity index (χ1v) is 6.17. The van der Waals surface area contributed by atoms with Crippen LogP contribution in [0.2, 0.25) is 0 Å². The molecule has 0 saturated heterocycles. The molecule has 0 aliphatic rings. The lowest BCUT2D eigenvalue weighted by atomic mass is 9.93. The van der Waals surface area contributed by atoms with Crippen molar-refractivity contribution in [2.45, 2.75) is 12.1 Å². The zero-order chi connectivity index (χ0) is 17.3. The minimum atomic E-state index is -1.11. The quantitative estimate of drug-likeness (QED) is 0.205. The van der Waals surface area contributed by atoms with Crippen LogP contribution in [0.1, 0.15) is 0 Å². The largest absolute Gasteiger partial charge is 0.396 e. The van der Waals surface area contributed by atoms with Gasteiger partial charge in [-0.25, -0.2) is 0 Å². The third-order valence-corrected chi connectivity index (χ3v) is 2.23. The molecule has 0 rings (SSSR count). The molecule has 21 heavy (non-hydrogen) atoms. The fourth-order valence-corrected chi connectivity index (χ4v) is 0.415. The van der Waals surface area contributed by atoms with Crippen LogP contribution in [0, 0.1) is 5.41 Å². The van der Waals surface area contributed by atoms with Crippen LogP contribution in [0.5, 0.6) is 0 Å². The van der Waals surface area contributed by atoms with Crippen LogP contribution in [-0.4, -0.2) is 111 Å². The summed E-state index contributed by atoms with van der Waals surface area (Å²) in [5.74, 6) is 0. The normalized spacial score (nSPS) is 10.9. The molecule has 132 valence electrons. The van der Waals surface area contributed by atoms with Gasteiger partial charge in [-0.2, -0.15) is 0 Å². The van der Waals surface area contributed by atoms with E-state index >= 15 is 0 Å². The van der Waals surface area contributed by atoms with Crippen LogP contribution in [-0.2, 0) is 0 Å². The Bertz CT molecular complexity index is 157. The Hall–Kier alpha value is -0.400. The number of aliphatic hydroxyl groups is 9. The minimum Gasteiger partial charge on any atom is -0.396 e. The second-order valence-electron chi connectivity index (χ2n) is 4.28. The molecule has 0 aliphatic heterocycles. The van der Waals surface area contributed by atoms with Crippen LogP contribution in [0.15, 0.2) is 0 Å². The zero-order valence-electron chi connectivity index (χ0n) is 11.9. The molecule has 0 bridgehead atoms. The number of rotatable bonds is 8. The predicted molar refractivity (Wildman–Crippen MR) is 73.1 cm³/mol. The minimum absolute atomic E-state index is 0.142. The average molecular weight is 319 g/mol. The lowest BCUT2D eigenvalue weighted by molar-refractivity contribution is -0.0328. The topological polar surface area (TPSA) is 208 Å². The Labute approximate surface area is 123 Å². The summed E-state index contributed by atoms with van der Waals surface area (Å²) >= 11 is 0. The van der Waals surface area contributed by atoms with Crippen molar-refractivity contribution in [3.63, 3.8) is 0 Å². The maximum Gasteiger partial charge on any atom is 0.100 e. The highest BCUT2D eigenvalue weighted by Crippen LogP contribution is 2.11. The maximum absolute atomic E-state index is 8.50. The molecule has 0 saturated carbocycles. The van der Waals surface area contributed by atoms with Gasteiger partial charge in [0.15, 0.2) is 0 Å². The summed E-state index contributed by atoms with van der Waals surface area (Å²) in [5.41, 5.74) is 3.86. The van der Waals surface area contributed by atoms with Crippen LogP contribution in [0.25, 0.3) is 0 Å². The number of hydrogen-bond donors (Lipinski definition) is 10. The van der Waals surface area contributed by atoms with E-state index in [0.717, 1.165) is 0 Å². The Morgan fingerprint density at radius 2 is 0.905 bits per heavy atom. The molecule has 0 radical (unpaired) electrons. The molecule has 0 aromatic rings. The van der Waals surface area contributed by atoms with Crippen LogP contribution >= 0.6 is 0 Å². The first-order chi connectivity index (χ1) is 9.86. The van der Waals surface area contributed by atoms with E-state index < -0.39 is 44.0 Å². The van der Waals surface area contributed by atoms with Crippen molar-refractivity contribution in [3.8, 4) is 0 Å². The van der Waals surface area contributed by atoms with Gasteiger partial charge in [-0.15, -0.1) is 0 Å².